The van der Waals surface area contributed by atoms with Crippen LogP contribution in [-0.2, 0) is 4.74 Å². The van der Waals surface area contributed by atoms with Crippen molar-refractivity contribution in [3.63, 3.8) is 0 Å². The maximum absolute atomic E-state index is 5.96. The van der Waals surface area contributed by atoms with Crippen molar-refractivity contribution in [2.24, 2.45) is 5.41 Å². The van der Waals surface area contributed by atoms with Gasteiger partial charge in [-0.05, 0) is 37.6 Å². The second kappa shape index (κ2) is 12.2. The second-order valence-electron chi connectivity index (χ2n) is 8.06. The first-order valence-electron chi connectivity index (χ1n) is 11.8. The lowest BCUT2D eigenvalue weighted by Crippen LogP contribution is -2.52. The lowest BCUT2D eigenvalue weighted by molar-refractivity contribution is -0.0596. The van der Waals surface area contributed by atoms with Gasteiger partial charge in [0.05, 0.1) is 12.1 Å². The van der Waals surface area contributed by atoms with Gasteiger partial charge in [-0.15, -0.1) is 0 Å². The lowest BCUT2D eigenvalue weighted by atomic mass is 9.76. The van der Waals surface area contributed by atoms with Crippen molar-refractivity contribution in [3.8, 4) is 0 Å². The molecule has 2 fully saturated rings. The SMILES string of the molecule is CC.CC.COC1CCN(C)CC12CCN(C(c1ccccc1)c1ccccc1)C2. The van der Waals surface area contributed by atoms with Gasteiger partial charge in [0.1, 0.15) is 0 Å². The van der Waals surface area contributed by atoms with Crippen LogP contribution < -0.4 is 0 Å². The number of likely N-dealkylation sites (tertiary alicyclic amines) is 2. The van der Waals surface area contributed by atoms with Crippen molar-refractivity contribution < 1.29 is 4.74 Å². The maximum atomic E-state index is 5.96. The summed E-state index contributed by atoms with van der Waals surface area (Å²) in [6.45, 7) is 12.5. The summed E-state index contributed by atoms with van der Waals surface area (Å²) in [5.41, 5.74) is 3.02. The third-order valence-electron chi connectivity index (χ3n) is 6.34. The molecular formula is C27H42N2O. The molecule has 0 amide bonds. The predicted octanol–water partition coefficient (Wildman–Crippen LogP) is 5.87. The van der Waals surface area contributed by atoms with Crippen molar-refractivity contribution in [2.45, 2.75) is 52.7 Å². The maximum Gasteiger partial charge on any atom is 0.0664 e. The third-order valence-corrected chi connectivity index (χ3v) is 6.34. The molecule has 0 N–H and O–H groups in total. The van der Waals surface area contributed by atoms with Gasteiger partial charge in [-0.3, -0.25) is 4.90 Å². The number of nitrogens with zero attached hydrogens (tertiary/aromatic N) is 2. The topological polar surface area (TPSA) is 15.7 Å². The summed E-state index contributed by atoms with van der Waals surface area (Å²) < 4.78 is 5.96. The van der Waals surface area contributed by atoms with Gasteiger partial charge in [0.15, 0.2) is 0 Å². The molecule has 0 bridgehead atoms. The van der Waals surface area contributed by atoms with Crippen LogP contribution in [0.5, 0.6) is 0 Å². The zero-order valence-electron chi connectivity index (χ0n) is 20.0. The normalized spacial score (nSPS) is 24.2. The minimum atomic E-state index is 0.254. The second-order valence-corrected chi connectivity index (χ2v) is 8.06. The van der Waals surface area contributed by atoms with Crippen molar-refractivity contribution in [1.29, 1.82) is 0 Å². The van der Waals surface area contributed by atoms with E-state index >= 15 is 0 Å². The van der Waals surface area contributed by atoms with Crippen LogP contribution in [0.2, 0.25) is 0 Å². The van der Waals surface area contributed by atoms with Crippen LogP contribution in [0.15, 0.2) is 60.7 Å². The summed E-state index contributed by atoms with van der Waals surface area (Å²) in [5, 5.41) is 0. The standard InChI is InChI=1S/C23H30N2O.2C2H6/c1-24-15-13-21(26-2)23(17-24)14-16-25(18-23)22(19-9-5-3-6-10-19)20-11-7-4-8-12-20;2*1-2/h3-12,21-22H,13-18H2,1-2H3;2*1-2H3. The van der Waals surface area contributed by atoms with E-state index < -0.39 is 0 Å². The zero-order valence-corrected chi connectivity index (χ0v) is 20.0. The molecule has 2 heterocycles. The molecule has 0 aliphatic carbocycles. The highest BCUT2D eigenvalue weighted by atomic mass is 16.5. The Morgan fingerprint density at radius 3 is 1.87 bits per heavy atom. The van der Waals surface area contributed by atoms with E-state index in [-0.39, 0.29) is 5.41 Å². The Morgan fingerprint density at radius 2 is 1.37 bits per heavy atom. The summed E-state index contributed by atoms with van der Waals surface area (Å²) in [5.74, 6) is 0. The van der Waals surface area contributed by atoms with Gasteiger partial charge >= 0.3 is 0 Å². The van der Waals surface area contributed by atoms with E-state index in [1.807, 2.05) is 34.8 Å². The molecule has 3 heteroatoms. The van der Waals surface area contributed by atoms with Crippen molar-refractivity contribution in [3.05, 3.63) is 71.8 Å². The third kappa shape index (κ3) is 5.51. The van der Waals surface area contributed by atoms with E-state index in [0.717, 1.165) is 32.6 Å². The molecule has 0 radical (unpaired) electrons. The Bertz CT molecular complexity index is 666. The molecule has 2 saturated heterocycles. The lowest BCUT2D eigenvalue weighted by Gasteiger charge is -2.45. The monoisotopic (exact) mass is 410 g/mol. The van der Waals surface area contributed by atoms with E-state index in [1.54, 1.807) is 0 Å². The summed E-state index contributed by atoms with van der Waals surface area (Å²) in [4.78, 5) is 5.16. The Labute approximate surface area is 185 Å². The van der Waals surface area contributed by atoms with Gasteiger partial charge in [0.25, 0.3) is 0 Å². The minimum absolute atomic E-state index is 0.254. The summed E-state index contributed by atoms with van der Waals surface area (Å²) in [7, 11) is 4.15. The molecule has 2 aromatic carbocycles. The highest BCUT2D eigenvalue weighted by Crippen LogP contribution is 2.44. The Kier molecular flexibility index (Phi) is 10.0. The van der Waals surface area contributed by atoms with Crippen LogP contribution in [0.4, 0.5) is 0 Å². The summed E-state index contributed by atoms with van der Waals surface area (Å²) >= 11 is 0. The first kappa shape index (κ1) is 24.6. The number of hydrogen-bond acceptors (Lipinski definition) is 3. The number of methoxy groups -OCH3 is 1. The number of piperidine rings is 1. The highest BCUT2D eigenvalue weighted by Gasteiger charge is 2.49. The molecule has 166 valence electrons. The molecule has 2 aliphatic heterocycles. The molecule has 2 atom stereocenters. The fraction of sp³-hybridized carbons (Fsp3) is 0.556. The quantitative estimate of drug-likeness (QED) is 0.627. The molecule has 30 heavy (non-hydrogen) atoms. The van der Waals surface area contributed by atoms with Crippen LogP contribution in [0, 0.1) is 5.41 Å². The number of ether oxygens (including phenoxy) is 1. The average Bonchev–Trinajstić information content (AvgIpc) is 3.21. The molecular weight excluding hydrogens is 368 g/mol. The van der Waals surface area contributed by atoms with E-state index in [0.29, 0.717) is 12.1 Å². The molecule has 0 aromatic heterocycles. The van der Waals surface area contributed by atoms with Crippen LogP contribution in [0.3, 0.4) is 0 Å². The smallest absolute Gasteiger partial charge is 0.0664 e. The van der Waals surface area contributed by atoms with Crippen LogP contribution >= 0.6 is 0 Å². The summed E-state index contributed by atoms with van der Waals surface area (Å²) in [6.07, 6.45) is 2.73. The van der Waals surface area contributed by atoms with Gasteiger partial charge in [-0.1, -0.05) is 88.4 Å². The number of benzene rings is 2. The molecule has 2 aliphatic rings. The largest absolute Gasteiger partial charge is 0.381 e. The first-order chi connectivity index (χ1) is 14.7. The molecule has 2 aromatic rings. The molecule has 1 spiro atoms. The van der Waals surface area contributed by atoms with Crippen molar-refractivity contribution in [1.82, 2.24) is 9.80 Å². The van der Waals surface area contributed by atoms with Crippen molar-refractivity contribution >= 4 is 0 Å². The average molecular weight is 411 g/mol. The molecule has 0 saturated carbocycles. The number of rotatable bonds is 4. The van der Waals surface area contributed by atoms with E-state index in [2.05, 4.69) is 77.5 Å². The fourth-order valence-corrected chi connectivity index (χ4v) is 5.16. The van der Waals surface area contributed by atoms with E-state index in [4.69, 9.17) is 4.74 Å². The van der Waals surface area contributed by atoms with Gasteiger partial charge in [0, 0.05) is 32.2 Å². The predicted molar refractivity (Wildman–Crippen MR) is 129 cm³/mol. The van der Waals surface area contributed by atoms with Gasteiger partial charge < -0.3 is 9.64 Å². The van der Waals surface area contributed by atoms with Crippen LogP contribution in [0.25, 0.3) is 0 Å². The first-order valence-corrected chi connectivity index (χ1v) is 11.8. The molecule has 3 nitrogen and oxygen atoms in total. The fourth-order valence-electron chi connectivity index (χ4n) is 5.16. The van der Waals surface area contributed by atoms with E-state index in [9.17, 15) is 0 Å². The van der Waals surface area contributed by atoms with Crippen molar-refractivity contribution in [2.75, 3.05) is 40.3 Å². The highest BCUT2D eigenvalue weighted by molar-refractivity contribution is 5.32. The van der Waals surface area contributed by atoms with Gasteiger partial charge in [-0.25, -0.2) is 0 Å². The molecule has 2 unspecified atom stereocenters. The summed E-state index contributed by atoms with van der Waals surface area (Å²) in [6, 6.07) is 22.2. The molecule has 4 rings (SSSR count). The van der Waals surface area contributed by atoms with E-state index in [1.165, 1.54) is 17.5 Å². The Balaban J connectivity index is 0.000000757. The van der Waals surface area contributed by atoms with Gasteiger partial charge in [-0.2, -0.15) is 0 Å². The van der Waals surface area contributed by atoms with Crippen LogP contribution in [0.1, 0.15) is 57.7 Å². The minimum Gasteiger partial charge on any atom is -0.381 e. The number of hydrogen-bond donors (Lipinski definition) is 0. The van der Waals surface area contributed by atoms with Gasteiger partial charge in [0.2, 0.25) is 0 Å². The Morgan fingerprint density at radius 1 is 0.833 bits per heavy atom. The Hall–Kier alpha value is -1.68. The zero-order chi connectivity index (χ0) is 22.0. The van der Waals surface area contributed by atoms with Crippen LogP contribution in [-0.4, -0.2) is 56.2 Å².